The number of anilines is 1. The van der Waals surface area contributed by atoms with Crippen LogP contribution >= 0.6 is 11.6 Å². The Hall–Kier alpha value is -2.20. The highest BCUT2D eigenvalue weighted by molar-refractivity contribution is 6.30. The summed E-state index contributed by atoms with van der Waals surface area (Å²) in [5, 5.41) is 0.0389. The average molecular weight is 524 g/mol. The minimum absolute atomic E-state index is 0.0319. The van der Waals surface area contributed by atoms with Gasteiger partial charge < -0.3 is 9.64 Å². The van der Waals surface area contributed by atoms with Crippen LogP contribution in [-0.2, 0) is 0 Å². The molecule has 0 bridgehead atoms. The number of hydrogen-bond donors (Lipinski definition) is 0. The van der Waals surface area contributed by atoms with Crippen molar-refractivity contribution in [3.8, 4) is 6.01 Å². The molecule has 2 aromatic heterocycles. The van der Waals surface area contributed by atoms with Crippen molar-refractivity contribution in [1.82, 2.24) is 19.9 Å². The zero-order valence-corrected chi connectivity index (χ0v) is 20.4. The smallest absolute Gasteiger partial charge is 0.319 e. The Balaban J connectivity index is 1.27. The maximum atomic E-state index is 15.1. The van der Waals surface area contributed by atoms with Crippen LogP contribution in [0.25, 0.3) is 10.9 Å². The van der Waals surface area contributed by atoms with Crippen LogP contribution in [0.1, 0.15) is 44.9 Å². The van der Waals surface area contributed by atoms with Gasteiger partial charge in [0.1, 0.15) is 24.1 Å². The average Bonchev–Trinajstić information content (AvgIpc) is 3.72. The van der Waals surface area contributed by atoms with Crippen LogP contribution < -0.4 is 9.64 Å². The third-order valence-corrected chi connectivity index (χ3v) is 9.62. The van der Waals surface area contributed by atoms with E-state index in [1.807, 2.05) is 4.90 Å². The lowest BCUT2D eigenvalue weighted by Crippen LogP contribution is -2.49. The Labute approximate surface area is 210 Å². The van der Waals surface area contributed by atoms with Crippen LogP contribution in [0.2, 0.25) is 5.15 Å². The maximum Gasteiger partial charge on any atom is 0.319 e. The van der Waals surface area contributed by atoms with Crippen LogP contribution in [-0.4, -0.2) is 63.8 Å². The molecule has 192 valence electrons. The van der Waals surface area contributed by atoms with Crippen LogP contribution in [0.15, 0.2) is 17.9 Å². The molecule has 3 saturated heterocycles. The lowest BCUT2D eigenvalue weighted by Gasteiger charge is -2.36. The molecule has 11 heteroatoms. The number of rotatable bonds is 4. The van der Waals surface area contributed by atoms with E-state index in [0.29, 0.717) is 17.7 Å². The zero-order chi connectivity index (χ0) is 24.8. The summed E-state index contributed by atoms with van der Waals surface area (Å²) in [6.45, 7) is 1.70. The molecule has 3 aliphatic heterocycles. The second-order valence-corrected chi connectivity index (χ2v) is 11.4. The molecule has 0 N–H and O–H groups in total. The first kappa shape index (κ1) is 23.0. The minimum atomic E-state index is -1.62. The number of aromatic nitrogens is 3. The van der Waals surface area contributed by atoms with Crippen LogP contribution in [0, 0.1) is 17.2 Å². The summed E-state index contributed by atoms with van der Waals surface area (Å²) in [4.78, 5) is 16.9. The third kappa shape index (κ3) is 3.22. The normalized spacial score (nSPS) is 32.5. The van der Waals surface area contributed by atoms with E-state index in [1.54, 1.807) is 0 Å². The summed E-state index contributed by atoms with van der Waals surface area (Å²) < 4.78 is 63.0. The standard InChI is InChI=1S/C25H26ClF4N5O/c26-20-17(28)18-15(10-31-20)22(35-7-2-1-3-14-16(27)19(14)35)33-23(32-18)36-12-25-9-13(21(29)30)11-34(25)8-6-24(25)4-5-24/h10,14,16,19H,1-9,11-12H2/t14-,16-,19-,25-/m0/s1. The fourth-order valence-electron chi connectivity index (χ4n) is 7.16. The van der Waals surface area contributed by atoms with E-state index in [9.17, 15) is 13.2 Å². The van der Waals surface area contributed by atoms with Crippen LogP contribution in [0.5, 0.6) is 6.01 Å². The topological polar surface area (TPSA) is 54.4 Å². The molecule has 0 aromatic carbocycles. The van der Waals surface area contributed by atoms with Crippen molar-refractivity contribution in [2.24, 2.45) is 11.3 Å². The molecule has 0 radical (unpaired) electrons. The van der Waals surface area contributed by atoms with Crippen molar-refractivity contribution in [2.45, 2.75) is 62.7 Å². The van der Waals surface area contributed by atoms with Crippen molar-refractivity contribution in [2.75, 3.05) is 31.1 Å². The molecule has 5 aliphatic rings. The molecule has 4 atom stereocenters. The summed E-state index contributed by atoms with van der Waals surface area (Å²) in [5.41, 5.74) is -0.467. The Morgan fingerprint density at radius 2 is 2.00 bits per heavy atom. The van der Waals surface area contributed by atoms with Crippen molar-refractivity contribution in [3.63, 3.8) is 0 Å². The van der Waals surface area contributed by atoms with Gasteiger partial charge >= 0.3 is 6.01 Å². The first-order chi connectivity index (χ1) is 17.3. The molecular formula is C25H26ClF4N5O. The second kappa shape index (κ2) is 7.90. The van der Waals surface area contributed by atoms with Crippen LogP contribution in [0.4, 0.5) is 23.4 Å². The van der Waals surface area contributed by atoms with Crippen LogP contribution in [0.3, 0.4) is 0 Å². The minimum Gasteiger partial charge on any atom is -0.461 e. The van der Waals surface area contributed by atoms with Gasteiger partial charge in [-0.2, -0.15) is 18.7 Å². The number of alkyl halides is 1. The van der Waals surface area contributed by atoms with Crippen molar-refractivity contribution >= 4 is 28.3 Å². The van der Waals surface area contributed by atoms with E-state index in [2.05, 4.69) is 19.9 Å². The lowest BCUT2D eigenvalue weighted by atomic mass is 9.80. The molecule has 2 aromatic rings. The van der Waals surface area contributed by atoms with Gasteiger partial charge in [-0.15, -0.1) is 0 Å². The summed E-state index contributed by atoms with van der Waals surface area (Å²) >= 11 is 5.96. The summed E-state index contributed by atoms with van der Waals surface area (Å²) in [5.74, 6) is -0.461. The molecular weight excluding hydrogens is 498 g/mol. The number of hydrogen-bond acceptors (Lipinski definition) is 6. The predicted molar refractivity (Wildman–Crippen MR) is 126 cm³/mol. The first-order valence-electron chi connectivity index (χ1n) is 12.7. The molecule has 7 rings (SSSR count). The van der Waals surface area contributed by atoms with Gasteiger partial charge in [0.25, 0.3) is 6.08 Å². The molecule has 0 amide bonds. The van der Waals surface area contributed by atoms with Gasteiger partial charge in [0.05, 0.1) is 17.0 Å². The molecule has 5 fully saturated rings. The fraction of sp³-hybridized carbons (Fsp3) is 0.640. The lowest BCUT2D eigenvalue weighted by molar-refractivity contribution is 0.0648. The predicted octanol–water partition coefficient (Wildman–Crippen LogP) is 5.30. The van der Waals surface area contributed by atoms with E-state index in [-0.39, 0.29) is 59.2 Å². The van der Waals surface area contributed by atoms with Crippen molar-refractivity contribution in [1.29, 1.82) is 0 Å². The molecule has 5 heterocycles. The van der Waals surface area contributed by atoms with Gasteiger partial charge in [-0.1, -0.05) is 18.0 Å². The Morgan fingerprint density at radius 3 is 2.78 bits per heavy atom. The number of nitrogens with zero attached hydrogens (tertiary/aromatic N) is 5. The first-order valence-corrected chi connectivity index (χ1v) is 13.0. The molecule has 6 nitrogen and oxygen atoms in total. The Morgan fingerprint density at radius 1 is 1.17 bits per heavy atom. The zero-order valence-electron chi connectivity index (χ0n) is 19.6. The van der Waals surface area contributed by atoms with Crippen molar-refractivity contribution in [3.05, 3.63) is 28.8 Å². The summed E-state index contributed by atoms with van der Waals surface area (Å²) in [7, 11) is 0. The van der Waals surface area contributed by atoms with E-state index < -0.39 is 23.6 Å². The third-order valence-electron chi connectivity index (χ3n) is 9.35. The maximum absolute atomic E-state index is 15.1. The highest BCUT2D eigenvalue weighted by Gasteiger charge is 2.68. The van der Waals surface area contributed by atoms with Gasteiger partial charge in [-0.3, -0.25) is 4.90 Å². The van der Waals surface area contributed by atoms with Gasteiger partial charge in [-0.05, 0) is 50.5 Å². The Bertz CT molecular complexity index is 1280. The molecule has 36 heavy (non-hydrogen) atoms. The van der Waals surface area contributed by atoms with Gasteiger partial charge in [0.2, 0.25) is 0 Å². The van der Waals surface area contributed by atoms with Gasteiger partial charge in [-0.25, -0.2) is 13.8 Å². The number of ether oxygens (including phenoxy) is 1. The summed E-state index contributed by atoms with van der Waals surface area (Å²) in [6, 6.07) is -0.364. The monoisotopic (exact) mass is 523 g/mol. The number of pyridine rings is 1. The van der Waals surface area contributed by atoms with Gasteiger partial charge in [0, 0.05) is 30.8 Å². The number of halogens is 5. The quantitative estimate of drug-likeness (QED) is 0.400. The SMILES string of the molecule is FC(F)=C1CN2CCC3(CC3)[C@@]2(COc2nc(N3CCCC[C@H]4[C@H](F)[C@H]43)c3cnc(Cl)c(F)c3n2)C1. The van der Waals surface area contributed by atoms with E-state index in [4.69, 9.17) is 16.3 Å². The molecule has 2 saturated carbocycles. The summed E-state index contributed by atoms with van der Waals surface area (Å²) in [6.07, 6.45) is 4.60. The molecule has 1 spiro atoms. The van der Waals surface area contributed by atoms with E-state index in [1.165, 1.54) is 6.20 Å². The molecule has 2 aliphatic carbocycles. The van der Waals surface area contributed by atoms with E-state index in [0.717, 1.165) is 45.1 Å². The fourth-order valence-corrected chi connectivity index (χ4v) is 7.30. The van der Waals surface area contributed by atoms with Crippen molar-refractivity contribution < 1.29 is 22.3 Å². The van der Waals surface area contributed by atoms with Gasteiger partial charge in [0.15, 0.2) is 11.0 Å². The largest absolute Gasteiger partial charge is 0.461 e. The number of fused-ring (bicyclic) bond motifs is 4. The second-order valence-electron chi connectivity index (χ2n) is 11.1. The Kier molecular flexibility index (Phi) is 5.04. The van der Waals surface area contributed by atoms with E-state index >= 15 is 4.39 Å². The molecule has 0 unspecified atom stereocenters. The highest BCUT2D eigenvalue weighted by atomic mass is 35.5. The highest BCUT2D eigenvalue weighted by Crippen LogP contribution is 2.66.